The van der Waals surface area contributed by atoms with Crippen LogP contribution >= 0.6 is 11.6 Å². The fraction of sp³-hybridized carbons (Fsp3) is 0.176. The van der Waals surface area contributed by atoms with Crippen LogP contribution in [0.2, 0.25) is 5.02 Å². The molecule has 4 N–H and O–H groups in total. The highest BCUT2D eigenvalue weighted by Gasteiger charge is 2.13. The number of hydrogen-bond donors (Lipinski definition) is 3. The van der Waals surface area contributed by atoms with Crippen molar-refractivity contribution < 1.29 is 9.59 Å². The number of amides is 2. The quantitative estimate of drug-likeness (QED) is 0.786. The molecule has 0 radical (unpaired) electrons. The molecule has 120 valence electrons. The Kier molecular flexibility index (Phi) is 5.73. The molecule has 0 bridgehead atoms. The molecule has 0 saturated heterocycles. The largest absolute Gasteiger partial charge is 0.330 e. The molecule has 2 rings (SSSR count). The van der Waals surface area contributed by atoms with Crippen LogP contribution in [0.5, 0.6) is 0 Å². The van der Waals surface area contributed by atoms with E-state index in [2.05, 4.69) is 10.6 Å². The summed E-state index contributed by atoms with van der Waals surface area (Å²) in [5.74, 6) is -0.542. The van der Waals surface area contributed by atoms with Crippen molar-refractivity contribution in [2.24, 2.45) is 5.73 Å². The Labute approximate surface area is 139 Å². The molecule has 2 aromatic rings. The second kappa shape index (κ2) is 7.76. The van der Waals surface area contributed by atoms with Crippen LogP contribution in [0.15, 0.2) is 42.5 Å². The molecule has 5 nitrogen and oxygen atoms in total. The highest BCUT2D eigenvalue weighted by Crippen LogP contribution is 2.25. The van der Waals surface area contributed by atoms with Crippen LogP contribution in [0.3, 0.4) is 0 Å². The summed E-state index contributed by atoms with van der Waals surface area (Å²) in [5, 5.41) is 5.90. The van der Waals surface area contributed by atoms with Crippen molar-refractivity contribution in [3.8, 4) is 0 Å². The van der Waals surface area contributed by atoms with Gasteiger partial charge in [0.2, 0.25) is 5.91 Å². The van der Waals surface area contributed by atoms with E-state index in [-0.39, 0.29) is 24.8 Å². The molecule has 0 unspecified atom stereocenters. The summed E-state index contributed by atoms with van der Waals surface area (Å²) in [6, 6.07) is 12.1. The summed E-state index contributed by atoms with van der Waals surface area (Å²) in [7, 11) is 0. The normalized spacial score (nSPS) is 10.2. The summed E-state index contributed by atoms with van der Waals surface area (Å²) in [6.45, 7) is 2.16. The fourth-order valence-corrected chi connectivity index (χ4v) is 2.27. The minimum absolute atomic E-state index is 0.202. The second-order valence-corrected chi connectivity index (χ2v) is 5.48. The minimum Gasteiger partial charge on any atom is -0.330 e. The van der Waals surface area contributed by atoms with E-state index in [1.807, 2.05) is 13.0 Å². The SMILES string of the molecule is Cc1ccc(NC(=O)c2ccccc2Cl)c(NC(=O)CCN)c1. The molecule has 6 heteroatoms. The number of hydrogen-bond acceptors (Lipinski definition) is 3. The van der Waals surface area contributed by atoms with Gasteiger partial charge in [0.05, 0.1) is 22.0 Å². The van der Waals surface area contributed by atoms with E-state index in [0.29, 0.717) is 22.0 Å². The van der Waals surface area contributed by atoms with Gasteiger partial charge < -0.3 is 16.4 Å². The molecule has 0 aliphatic rings. The van der Waals surface area contributed by atoms with E-state index in [1.54, 1.807) is 36.4 Å². The smallest absolute Gasteiger partial charge is 0.257 e. The lowest BCUT2D eigenvalue weighted by Crippen LogP contribution is -2.19. The summed E-state index contributed by atoms with van der Waals surface area (Å²) >= 11 is 6.03. The zero-order valence-corrected chi connectivity index (χ0v) is 13.5. The summed E-state index contributed by atoms with van der Waals surface area (Å²) in [4.78, 5) is 24.1. The zero-order valence-electron chi connectivity index (χ0n) is 12.7. The molecule has 0 aliphatic carbocycles. The Morgan fingerprint density at radius 3 is 2.52 bits per heavy atom. The maximum Gasteiger partial charge on any atom is 0.257 e. The van der Waals surface area contributed by atoms with E-state index >= 15 is 0 Å². The maximum absolute atomic E-state index is 12.4. The van der Waals surface area contributed by atoms with Gasteiger partial charge in [0, 0.05) is 13.0 Å². The first-order chi connectivity index (χ1) is 11.0. The van der Waals surface area contributed by atoms with Gasteiger partial charge in [-0.1, -0.05) is 29.8 Å². The van der Waals surface area contributed by atoms with Crippen LogP contribution in [-0.4, -0.2) is 18.4 Å². The van der Waals surface area contributed by atoms with Crippen LogP contribution < -0.4 is 16.4 Å². The molecular formula is C17H18ClN3O2. The predicted octanol–water partition coefficient (Wildman–Crippen LogP) is 3.19. The molecule has 0 fully saturated rings. The average molecular weight is 332 g/mol. The molecule has 23 heavy (non-hydrogen) atoms. The van der Waals surface area contributed by atoms with Gasteiger partial charge in [0.25, 0.3) is 5.91 Å². The number of aryl methyl sites for hydroxylation is 1. The Morgan fingerprint density at radius 2 is 1.83 bits per heavy atom. The summed E-state index contributed by atoms with van der Waals surface area (Å²) in [6.07, 6.45) is 0.214. The van der Waals surface area contributed by atoms with Crippen molar-refractivity contribution in [1.82, 2.24) is 0 Å². The van der Waals surface area contributed by atoms with Crippen molar-refractivity contribution in [3.63, 3.8) is 0 Å². The lowest BCUT2D eigenvalue weighted by atomic mass is 10.1. The van der Waals surface area contributed by atoms with Gasteiger partial charge in [-0.2, -0.15) is 0 Å². The van der Waals surface area contributed by atoms with E-state index in [4.69, 9.17) is 17.3 Å². The third-order valence-electron chi connectivity index (χ3n) is 3.19. The van der Waals surface area contributed by atoms with Crippen LogP contribution in [0.25, 0.3) is 0 Å². The monoisotopic (exact) mass is 331 g/mol. The molecule has 0 atom stereocenters. The standard InChI is InChI=1S/C17H18ClN3O2/c1-11-6-7-14(15(10-11)20-16(22)8-9-19)21-17(23)12-4-2-3-5-13(12)18/h2-7,10H,8-9,19H2,1H3,(H,20,22)(H,21,23). The molecule has 2 amide bonds. The number of anilines is 2. The van der Waals surface area contributed by atoms with Gasteiger partial charge in [0.1, 0.15) is 0 Å². The van der Waals surface area contributed by atoms with E-state index < -0.39 is 0 Å². The first-order valence-electron chi connectivity index (χ1n) is 7.17. The van der Waals surface area contributed by atoms with Gasteiger partial charge in [-0.05, 0) is 36.8 Å². The Hall–Kier alpha value is -2.37. The third kappa shape index (κ3) is 4.55. The number of benzene rings is 2. The lowest BCUT2D eigenvalue weighted by Gasteiger charge is -2.13. The molecule has 0 saturated carbocycles. The van der Waals surface area contributed by atoms with E-state index in [9.17, 15) is 9.59 Å². The Balaban J connectivity index is 2.24. The van der Waals surface area contributed by atoms with Crippen molar-refractivity contribution in [2.45, 2.75) is 13.3 Å². The first-order valence-corrected chi connectivity index (χ1v) is 7.55. The number of halogens is 1. The number of nitrogens with two attached hydrogens (primary N) is 1. The second-order valence-electron chi connectivity index (χ2n) is 5.07. The van der Waals surface area contributed by atoms with Crippen molar-refractivity contribution in [2.75, 3.05) is 17.2 Å². The van der Waals surface area contributed by atoms with E-state index in [0.717, 1.165) is 5.56 Å². The Morgan fingerprint density at radius 1 is 1.09 bits per heavy atom. The number of rotatable bonds is 5. The van der Waals surface area contributed by atoms with Crippen LogP contribution in [0.4, 0.5) is 11.4 Å². The van der Waals surface area contributed by atoms with Crippen LogP contribution in [0.1, 0.15) is 22.3 Å². The van der Waals surface area contributed by atoms with Gasteiger partial charge in [-0.25, -0.2) is 0 Å². The first kappa shape index (κ1) is 17.0. The molecule has 0 aliphatic heterocycles. The third-order valence-corrected chi connectivity index (χ3v) is 3.52. The molecule has 2 aromatic carbocycles. The number of carbonyl (C=O) groups excluding carboxylic acids is 2. The molecule has 0 spiro atoms. The van der Waals surface area contributed by atoms with Gasteiger partial charge in [-0.3, -0.25) is 9.59 Å². The zero-order chi connectivity index (χ0) is 16.8. The summed E-state index contributed by atoms with van der Waals surface area (Å²) in [5.41, 5.74) is 7.75. The highest BCUT2D eigenvalue weighted by molar-refractivity contribution is 6.34. The fourth-order valence-electron chi connectivity index (χ4n) is 2.05. The van der Waals surface area contributed by atoms with Crippen molar-refractivity contribution >= 4 is 34.8 Å². The van der Waals surface area contributed by atoms with Crippen LogP contribution in [-0.2, 0) is 4.79 Å². The van der Waals surface area contributed by atoms with E-state index in [1.165, 1.54) is 0 Å². The van der Waals surface area contributed by atoms with Gasteiger partial charge >= 0.3 is 0 Å². The number of carbonyl (C=O) groups is 2. The van der Waals surface area contributed by atoms with Gasteiger partial charge in [-0.15, -0.1) is 0 Å². The van der Waals surface area contributed by atoms with Crippen molar-refractivity contribution in [3.05, 3.63) is 58.6 Å². The lowest BCUT2D eigenvalue weighted by molar-refractivity contribution is -0.116. The molecular weight excluding hydrogens is 314 g/mol. The predicted molar refractivity (Wildman–Crippen MR) is 92.9 cm³/mol. The minimum atomic E-state index is -0.339. The molecule has 0 heterocycles. The number of nitrogens with one attached hydrogen (secondary N) is 2. The molecule has 0 aromatic heterocycles. The summed E-state index contributed by atoms with van der Waals surface area (Å²) < 4.78 is 0. The Bertz CT molecular complexity index is 732. The van der Waals surface area contributed by atoms with Crippen LogP contribution in [0, 0.1) is 6.92 Å². The average Bonchev–Trinajstić information content (AvgIpc) is 2.50. The maximum atomic E-state index is 12.4. The van der Waals surface area contributed by atoms with Gasteiger partial charge in [0.15, 0.2) is 0 Å². The highest BCUT2D eigenvalue weighted by atomic mass is 35.5. The van der Waals surface area contributed by atoms with Crippen molar-refractivity contribution in [1.29, 1.82) is 0 Å². The topological polar surface area (TPSA) is 84.2 Å².